The molecule has 2 aromatic carbocycles. The summed E-state index contributed by atoms with van der Waals surface area (Å²) in [6.45, 7) is 2.54. The second-order valence-electron chi connectivity index (χ2n) is 5.79. The molecule has 0 atom stereocenters. The van der Waals surface area contributed by atoms with Crippen LogP contribution < -0.4 is 4.31 Å². The second kappa shape index (κ2) is 7.84. The molecule has 0 aromatic heterocycles. The fourth-order valence-electron chi connectivity index (χ4n) is 2.49. The Hall–Kier alpha value is -2.45. The van der Waals surface area contributed by atoms with Gasteiger partial charge in [-0.05, 0) is 44.2 Å². The number of hydrogen-bond acceptors (Lipinski definition) is 5. The van der Waals surface area contributed by atoms with E-state index in [4.69, 9.17) is 11.6 Å². The highest BCUT2D eigenvalue weighted by molar-refractivity contribution is 7.92. The van der Waals surface area contributed by atoms with Crippen molar-refractivity contribution in [2.45, 2.75) is 24.8 Å². The SMILES string of the molecule is CC(C)N(c1ccc(C(=O)C[N+](=O)[O-])c(Cl)c1)S(=O)(=O)c1ccccc1. The quantitative estimate of drug-likeness (QED) is 0.406. The minimum Gasteiger partial charge on any atom is -0.287 e. The van der Waals surface area contributed by atoms with Gasteiger partial charge >= 0.3 is 0 Å². The van der Waals surface area contributed by atoms with Crippen molar-refractivity contribution in [2.75, 3.05) is 10.8 Å². The topological polar surface area (TPSA) is 97.6 Å². The number of nitro groups is 1. The van der Waals surface area contributed by atoms with Crippen LogP contribution in [0.4, 0.5) is 5.69 Å². The summed E-state index contributed by atoms with van der Waals surface area (Å²) in [4.78, 5) is 21.7. The molecule has 9 heteroatoms. The van der Waals surface area contributed by atoms with Crippen LogP contribution in [0.1, 0.15) is 24.2 Å². The van der Waals surface area contributed by atoms with Gasteiger partial charge in [0.25, 0.3) is 16.6 Å². The number of rotatable bonds is 7. The molecule has 0 aliphatic rings. The first-order valence-corrected chi connectivity index (χ1v) is 9.50. The summed E-state index contributed by atoms with van der Waals surface area (Å²) in [6.07, 6.45) is 0. The summed E-state index contributed by atoms with van der Waals surface area (Å²) in [5, 5.41) is 10.5. The highest BCUT2D eigenvalue weighted by Crippen LogP contribution is 2.30. The summed E-state index contributed by atoms with van der Waals surface area (Å²) < 4.78 is 27.1. The Balaban J connectivity index is 2.48. The number of carbonyl (C=O) groups is 1. The van der Waals surface area contributed by atoms with E-state index < -0.39 is 33.3 Å². The summed E-state index contributed by atoms with van der Waals surface area (Å²) in [7, 11) is -3.84. The monoisotopic (exact) mass is 396 g/mol. The molecule has 0 fully saturated rings. The van der Waals surface area contributed by atoms with Crippen LogP contribution in [0.5, 0.6) is 0 Å². The van der Waals surface area contributed by atoms with Crippen LogP contribution in [0.25, 0.3) is 0 Å². The van der Waals surface area contributed by atoms with Gasteiger partial charge in [0.2, 0.25) is 5.78 Å². The Morgan fingerprint density at radius 1 is 1.19 bits per heavy atom. The van der Waals surface area contributed by atoms with Gasteiger partial charge in [-0.2, -0.15) is 0 Å². The maximum absolute atomic E-state index is 13.0. The van der Waals surface area contributed by atoms with E-state index >= 15 is 0 Å². The van der Waals surface area contributed by atoms with Gasteiger partial charge in [0, 0.05) is 16.5 Å². The van der Waals surface area contributed by atoms with Crippen molar-refractivity contribution in [1.29, 1.82) is 0 Å². The number of hydrogen-bond donors (Lipinski definition) is 0. The van der Waals surface area contributed by atoms with Gasteiger partial charge in [0.15, 0.2) is 0 Å². The standard InChI is InChI=1S/C17H17ClN2O5S/c1-12(2)20(26(24,25)14-6-4-3-5-7-14)13-8-9-15(16(18)10-13)17(21)11-19(22)23/h3-10,12H,11H2,1-2H3. The van der Waals surface area contributed by atoms with Crippen LogP contribution in [0.3, 0.4) is 0 Å². The molecule has 0 aliphatic heterocycles. The average Bonchev–Trinajstić information content (AvgIpc) is 2.54. The first kappa shape index (κ1) is 19.9. The molecule has 0 saturated heterocycles. The number of sulfonamides is 1. The molecule has 0 heterocycles. The smallest absolute Gasteiger partial charge is 0.265 e. The number of benzene rings is 2. The Bertz CT molecular complexity index is 929. The predicted octanol–water partition coefficient (Wildman–Crippen LogP) is 3.40. The number of nitrogens with zero attached hydrogens (tertiary/aromatic N) is 2. The van der Waals surface area contributed by atoms with Gasteiger partial charge < -0.3 is 0 Å². The van der Waals surface area contributed by atoms with Crippen LogP contribution in [-0.4, -0.2) is 31.7 Å². The molecular formula is C17H17ClN2O5S. The van der Waals surface area contributed by atoms with Crippen LogP contribution in [0, 0.1) is 10.1 Å². The van der Waals surface area contributed by atoms with E-state index in [1.807, 2.05) is 0 Å². The zero-order chi connectivity index (χ0) is 19.5. The van der Waals surface area contributed by atoms with E-state index in [9.17, 15) is 23.3 Å². The Morgan fingerprint density at radius 2 is 1.81 bits per heavy atom. The number of halogens is 1. The first-order chi connectivity index (χ1) is 12.1. The lowest BCUT2D eigenvalue weighted by molar-refractivity contribution is -0.465. The van der Waals surface area contributed by atoms with Crippen molar-refractivity contribution < 1.29 is 18.1 Å². The van der Waals surface area contributed by atoms with Crippen molar-refractivity contribution >= 4 is 33.1 Å². The van der Waals surface area contributed by atoms with Gasteiger partial charge in [0.05, 0.1) is 15.6 Å². The van der Waals surface area contributed by atoms with Crippen LogP contribution in [-0.2, 0) is 10.0 Å². The third kappa shape index (κ3) is 4.20. The molecule has 0 bridgehead atoms. The zero-order valence-electron chi connectivity index (χ0n) is 14.1. The maximum atomic E-state index is 13.0. The van der Waals surface area contributed by atoms with E-state index in [2.05, 4.69) is 0 Å². The van der Waals surface area contributed by atoms with Crippen molar-refractivity contribution in [3.8, 4) is 0 Å². The summed E-state index contributed by atoms with van der Waals surface area (Å²) >= 11 is 6.09. The van der Waals surface area contributed by atoms with Gasteiger partial charge in [0.1, 0.15) is 0 Å². The molecule has 2 aromatic rings. The molecule has 2 rings (SSSR count). The van der Waals surface area contributed by atoms with E-state index in [0.29, 0.717) is 0 Å². The highest BCUT2D eigenvalue weighted by Gasteiger charge is 2.28. The van der Waals surface area contributed by atoms with Gasteiger partial charge in [-0.25, -0.2) is 8.42 Å². The molecule has 7 nitrogen and oxygen atoms in total. The highest BCUT2D eigenvalue weighted by atomic mass is 35.5. The molecule has 0 spiro atoms. The molecule has 0 aliphatic carbocycles. The molecule has 0 amide bonds. The minimum atomic E-state index is -3.84. The van der Waals surface area contributed by atoms with Gasteiger partial charge in [-0.15, -0.1) is 0 Å². The maximum Gasteiger partial charge on any atom is 0.265 e. The molecular weight excluding hydrogens is 380 g/mol. The molecule has 0 unspecified atom stereocenters. The molecule has 26 heavy (non-hydrogen) atoms. The third-order valence-corrected chi connectivity index (χ3v) is 5.88. The number of Topliss-reactive ketones (excluding diaryl/α,β-unsaturated/α-hetero) is 1. The van der Waals surface area contributed by atoms with Crippen molar-refractivity contribution in [1.82, 2.24) is 0 Å². The van der Waals surface area contributed by atoms with E-state index in [1.54, 1.807) is 32.0 Å². The molecule has 0 radical (unpaired) electrons. The van der Waals surface area contributed by atoms with Gasteiger partial charge in [-0.3, -0.25) is 19.2 Å². The number of carbonyl (C=O) groups excluding carboxylic acids is 1. The fraction of sp³-hybridized carbons (Fsp3) is 0.235. The van der Waals surface area contributed by atoms with Crippen LogP contribution in [0.15, 0.2) is 53.4 Å². The first-order valence-electron chi connectivity index (χ1n) is 7.68. The lowest BCUT2D eigenvalue weighted by Crippen LogP contribution is -2.37. The van der Waals surface area contributed by atoms with E-state index in [0.717, 1.165) is 0 Å². The lowest BCUT2D eigenvalue weighted by atomic mass is 10.1. The van der Waals surface area contributed by atoms with Gasteiger partial charge in [-0.1, -0.05) is 29.8 Å². The fourth-order valence-corrected chi connectivity index (χ4v) is 4.44. The van der Waals surface area contributed by atoms with Crippen molar-refractivity contribution in [3.63, 3.8) is 0 Å². The number of ketones is 1. The molecule has 0 saturated carbocycles. The normalized spacial score (nSPS) is 11.4. The van der Waals surface area contributed by atoms with E-state index in [1.165, 1.54) is 34.6 Å². The Morgan fingerprint density at radius 3 is 2.31 bits per heavy atom. The summed E-state index contributed by atoms with van der Waals surface area (Å²) in [5.74, 6) is -0.742. The zero-order valence-corrected chi connectivity index (χ0v) is 15.7. The van der Waals surface area contributed by atoms with Crippen LogP contribution >= 0.6 is 11.6 Å². The van der Waals surface area contributed by atoms with E-state index in [-0.39, 0.29) is 21.2 Å². The van der Waals surface area contributed by atoms with Crippen LogP contribution in [0.2, 0.25) is 5.02 Å². The third-order valence-electron chi connectivity index (χ3n) is 3.55. The van der Waals surface area contributed by atoms with Crippen molar-refractivity contribution in [3.05, 3.63) is 69.2 Å². The van der Waals surface area contributed by atoms with Crippen molar-refractivity contribution in [2.24, 2.45) is 0 Å². The average molecular weight is 397 g/mol. The second-order valence-corrected chi connectivity index (χ2v) is 8.01. The summed E-state index contributed by atoms with van der Waals surface area (Å²) in [6, 6.07) is 11.6. The Labute approximate surface area is 156 Å². The summed E-state index contributed by atoms with van der Waals surface area (Å²) in [5.41, 5.74) is 0.249. The minimum absolute atomic E-state index is 0.0204. The lowest BCUT2D eigenvalue weighted by Gasteiger charge is -2.28. The predicted molar refractivity (Wildman–Crippen MR) is 98.9 cm³/mol. The molecule has 0 N–H and O–H groups in total. The largest absolute Gasteiger partial charge is 0.287 e. The number of anilines is 1. The Kier molecular flexibility index (Phi) is 5.99. The molecule has 138 valence electrons.